The summed E-state index contributed by atoms with van der Waals surface area (Å²) in [6, 6.07) is 8.61. The number of nitrogens with two attached hydrogens (primary N) is 1. The molecule has 1 aromatic carbocycles. The van der Waals surface area contributed by atoms with E-state index in [1.54, 1.807) is 6.20 Å². The van der Waals surface area contributed by atoms with Gasteiger partial charge < -0.3 is 11.1 Å². The Morgan fingerprint density at radius 2 is 1.90 bits per heavy atom. The van der Waals surface area contributed by atoms with Gasteiger partial charge in [0.15, 0.2) is 0 Å². The van der Waals surface area contributed by atoms with Crippen molar-refractivity contribution >= 4 is 11.5 Å². The topological polar surface area (TPSA) is 50.9 Å². The number of rotatable bonds is 4. The molecule has 0 atom stereocenters. The molecule has 0 aliphatic rings. The lowest BCUT2D eigenvalue weighted by Crippen LogP contribution is -2.06. The number of anilines is 2. The Morgan fingerprint density at radius 3 is 2.55 bits per heavy atom. The zero-order valence-corrected chi connectivity index (χ0v) is 12.7. The molecule has 3 heteroatoms. The molecular formula is C17H23N3. The number of nitrogens with zero attached hydrogens (tertiary/aromatic N) is 1. The van der Waals surface area contributed by atoms with Crippen molar-refractivity contribution in [2.45, 2.75) is 40.2 Å². The average Bonchev–Trinajstić information content (AvgIpc) is 2.39. The minimum atomic E-state index is 0.547. The number of nitrogen functional groups attached to an aromatic ring is 1. The fraction of sp³-hybridized carbons (Fsp3) is 0.353. The number of nitrogens with one attached hydrogen (secondary N) is 1. The average molecular weight is 269 g/mol. The second-order valence-corrected chi connectivity index (χ2v) is 5.63. The van der Waals surface area contributed by atoms with Crippen LogP contribution in [0.2, 0.25) is 0 Å². The Labute approximate surface area is 121 Å². The minimum absolute atomic E-state index is 0.547. The molecule has 1 aromatic heterocycles. The molecule has 0 aliphatic heterocycles. The SMILES string of the molecule is Cc1ccc(C(C)C)cc1CNc1ncc(N)cc1C. The summed E-state index contributed by atoms with van der Waals surface area (Å²) in [5.74, 6) is 1.44. The van der Waals surface area contributed by atoms with Gasteiger partial charge in [-0.3, -0.25) is 0 Å². The highest BCUT2D eigenvalue weighted by molar-refractivity contribution is 5.51. The van der Waals surface area contributed by atoms with Gasteiger partial charge in [0.1, 0.15) is 5.82 Å². The molecule has 0 saturated heterocycles. The van der Waals surface area contributed by atoms with Gasteiger partial charge in [-0.25, -0.2) is 4.98 Å². The minimum Gasteiger partial charge on any atom is -0.397 e. The molecule has 106 valence electrons. The van der Waals surface area contributed by atoms with Crippen LogP contribution in [0.3, 0.4) is 0 Å². The lowest BCUT2D eigenvalue weighted by Gasteiger charge is -2.13. The molecule has 3 N–H and O–H groups in total. The van der Waals surface area contributed by atoms with Crippen LogP contribution in [0, 0.1) is 13.8 Å². The third-order valence-electron chi connectivity index (χ3n) is 3.59. The first-order valence-electron chi connectivity index (χ1n) is 7.03. The summed E-state index contributed by atoms with van der Waals surface area (Å²) in [6.45, 7) is 9.37. The summed E-state index contributed by atoms with van der Waals surface area (Å²) in [6.07, 6.45) is 1.69. The number of hydrogen-bond acceptors (Lipinski definition) is 3. The van der Waals surface area contributed by atoms with E-state index in [1.165, 1.54) is 16.7 Å². The summed E-state index contributed by atoms with van der Waals surface area (Å²) < 4.78 is 0. The van der Waals surface area contributed by atoms with Crippen LogP contribution in [0.1, 0.15) is 42.0 Å². The number of aryl methyl sites for hydroxylation is 2. The van der Waals surface area contributed by atoms with E-state index in [4.69, 9.17) is 5.73 Å². The summed E-state index contributed by atoms with van der Waals surface area (Å²) in [5, 5.41) is 3.40. The molecule has 2 rings (SSSR count). The van der Waals surface area contributed by atoms with Gasteiger partial charge in [0.05, 0.1) is 11.9 Å². The zero-order chi connectivity index (χ0) is 14.7. The van der Waals surface area contributed by atoms with Crippen LogP contribution in [0.25, 0.3) is 0 Å². The van der Waals surface area contributed by atoms with Crippen molar-refractivity contribution in [2.75, 3.05) is 11.1 Å². The number of hydrogen-bond donors (Lipinski definition) is 2. The molecule has 0 spiro atoms. The molecule has 0 bridgehead atoms. The molecule has 0 fully saturated rings. The first-order valence-corrected chi connectivity index (χ1v) is 7.03. The van der Waals surface area contributed by atoms with Crippen LogP contribution < -0.4 is 11.1 Å². The van der Waals surface area contributed by atoms with Gasteiger partial charge in [0.25, 0.3) is 0 Å². The second kappa shape index (κ2) is 5.95. The maximum absolute atomic E-state index is 5.72. The molecule has 20 heavy (non-hydrogen) atoms. The van der Waals surface area contributed by atoms with Crippen molar-refractivity contribution in [3.63, 3.8) is 0 Å². The highest BCUT2D eigenvalue weighted by Crippen LogP contribution is 2.20. The molecule has 0 unspecified atom stereocenters. The molecular weight excluding hydrogens is 246 g/mol. The number of pyridine rings is 1. The lowest BCUT2D eigenvalue weighted by molar-refractivity contribution is 0.861. The van der Waals surface area contributed by atoms with Gasteiger partial charge in [-0.05, 0) is 48.1 Å². The van der Waals surface area contributed by atoms with Crippen molar-refractivity contribution in [3.05, 3.63) is 52.7 Å². The van der Waals surface area contributed by atoms with E-state index in [0.717, 1.165) is 17.9 Å². The van der Waals surface area contributed by atoms with Crippen molar-refractivity contribution in [2.24, 2.45) is 0 Å². The summed E-state index contributed by atoms with van der Waals surface area (Å²) in [7, 11) is 0. The van der Waals surface area contributed by atoms with Gasteiger partial charge in [-0.1, -0.05) is 32.0 Å². The zero-order valence-electron chi connectivity index (χ0n) is 12.7. The van der Waals surface area contributed by atoms with Gasteiger partial charge in [-0.15, -0.1) is 0 Å². The van der Waals surface area contributed by atoms with Gasteiger partial charge in [0, 0.05) is 6.54 Å². The molecule has 0 saturated carbocycles. The van der Waals surface area contributed by atoms with Crippen LogP contribution in [0.15, 0.2) is 30.5 Å². The summed E-state index contributed by atoms with van der Waals surface area (Å²) in [4.78, 5) is 4.34. The first-order chi connectivity index (χ1) is 9.47. The largest absolute Gasteiger partial charge is 0.397 e. The van der Waals surface area contributed by atoms with E-state index in [0.29, 0.717) is 11.6 Å². The van der Waals surface area contributed by atoms with E-state index in [9.17, 15) is 0 Å². The lowest BCUT2D eigenvalue weighted by atomic mass is 9.98. The third kappa shape index (κ3) is 3.29. The van der Waals surface area contributed by atoms with Crippen LogP contribution >= 0.6 is 0 Å². The standard InChI is InChI=1S/C17H23N3/c1-11(2)14-6-5-12(3)15(8-14)9-19-17-13(4)7-16(18)10-20-17/h5-8,10-11H,9,18H2,1-4H3,(H,19,20). The second-order valence-electron chi connectivity index (χ2n) is 5.63. The maximum atomic E-state index is 5.72. The monoisotopic (exact) mass is 269 g/mol. The Hall–Kier alpha value is -2.03. The van der Waals surface area contributed by atoms with E-state index < -0.39 is 0 Å². The normalized spacial score (nSPS) is 10.8. The molecule has 0 radical (unpaired) electrons. The van der Waals surface area contributed by atoms with Gasteiger partial charge in [0.2, 0.25) is 0 Å². The van der Waals surface area contributed by atoms with Crippen molar-refractivity contribution in [3.8, 4) is 0 Å². The Morgan fingerprint density at radius 1 is 1.15 bits per heavy atom. The summed E-state index contributed by atoms with van der Waals surface area (Å²) >= 11 is 0. The van der Waals surface area contributed by atoms with Crippen LogP contribution in [-0.2, 0) is 6.54 Å². The molecule has 1 heterocycles. The number of benzene rings is 1. The van der Waals surface area contributed by atoms with Crippen molar-refractivity contribution in [1.29, 1.82) is 0 Å². The number of aromatic nitrogens is 1. The highest BCUT2D eigenvalue weighted by Gasteiger charge is 2.05. The maximum Gasteiger partial charge on any atom is 0.129 e. The molecule has 0 amide bonds. The first kappa shape index (κ1) is 14.4. The Kier molecular flexibility index (Phi) is 4.28. The fourth-order valence-electron chi connectivity index (χ4n) is 2.20. The van der Waals surface area contributed by atoms with E-state index in [2.05, 4.69) is 49.3 Å². The predicted molar refractivity (Wildman–Crippen MR) is 86.0 cm³/mol. The fourth-order valence-corrected chi connectivity index (χ4v) is 2.20. The van der Waals surface area contributed by atoms with E-state index >= 15 is 0 Å². The smallest absolute Gasteiger partial charge is 0.129 e. The summed E-state index contributed by atoms with van der Waals surface area (Å²) in [5.41, 5.74) is 11.5. The van der Waals surface area contributed by atoms with E-state index in [1.807, 2.05) is 13.0 Å². The Bertz CT molecular complexity index is 603. The van der Waals surface area contributed by atoms with Gasteiger partial charge in [-0.2, -0.15) is 0 Å². The van der Waals surface area contributed by atoms with Crippen molar-refractivity contribution < 1.29 is 0 Å². The van der Waals surface area contributed by atoms with Crippen molar-refractivity contribution in [1.82, 2.24) is 4.98 Å². The molecule has 3 nitrogen and oxygen atoms in total. The van der Waals surface area contributed by atoms with E-state index in [-0.39, 0.29) is 0 Å². The van der Waals surface area contributed by atoms with Crippen LogP contribution in [0.4, 0.5) is 11.5 Å². The molecule has 2 aromatic rings. The molecule has 0 aliphatic carbocycles. The Balaban J connectivity index is 2.16. The highest BCUT2D eigenvalue weighted by atomic mass is 15.0. The van der Waals surface area contributed by atoms with Crippen LogP contribution in [0.5, 0.6) is 0 Å². The quantitative estimate of drug-likeness (QED) is 0.881. The van der Waals surface area contributed by atoms with Crippen LogP contribution in [-0.4, -0.2) is 4.98 Å². The third-order valence-corrected chi connectivity index (χ3v) is 3.59. The van der Waals surface area contributed by atoms with Gasteiger partial charge >= 0.3 is 0 Å². The predicted octanol–water partition coefficient (Wildman–Crippen LogP) is 4.02.